The van der Waals surface area contributed by atoms with Crippen LogP contribution in [0.4, 0.5) is 4.79 Å². The SMILES string of the molecule is COc1ccc2c3c(n(C)c2c1)[C@H](CO)N(C(=O)NC(C)C)CC31CN(C(C)=O)C1. The van der Waals surface area contributed by atoms with Gasteiger partial charge in [0.25, 0.3) is 0 Å². The molecule has 1 saturated heterocycles. The van der Waals surface area contributed by atoms with Gasteiger partial charge in [-0.05, 0) is 31.5 Å². The zero-order chi connectivity index (χ0) is 21.8. The summed E-state index contributed by atoms with van der Waals surface area (Å²) in [6.07, 6.45) is 0. The van der Waals surface area contributed by atoms with Gasteiger partial charge < -0.3 is 29.5 Å². The van der Waals surface area contributed by atoms with E-state index in [-0.39, 0.29) is 30.0 Å². The number of carbonyl (C=O) groups excluding carboxylic acids is 2. The van der Waals surface area contributed by atoms with Gasteiger partial charge in [0.2, 0.25) is 5.91 Å². The number of amides is 3. The fraction of sp³-hybridized carbons (Fsp3) is 0.545. The van der Waals surface area contributed by atoms with Crippen LogP contribution in [-0.4, -0.2) is 70.8 Å². The number of aliphatic hydroxyl groups excluding tert-OH is 1. The molecule has 30 heavy (non-hydrogen) atoms. The van der Waals surface area contributed by atoms with E-state index in [1.807, 2.05) is 44.0 Å². The Labute approximate surface area is 176 Å². The summed E-state index contributed by atoms with van der Waals surface area (Å²) in [7, 11) is 3.60. The Morgan fingerprint density at radius 1 is 1.30 bits per heavy atom. The van der Waals surface area contributed by atoms with E-state index in [2.05, 4.69) is 9.88 Å². The maximum atomic E-state index is 13.1. The quantitative estimate of drug-likeness (QED) is 0.801. The summed E-state index contributed by atoms with van der Waals surface area (Å²) in [5, 5.41) is 14.4. The van der Waals surface area contributed by atoms with Gasteiger partial charge >= 0.3 is 6.03 Å². The molecule has 1 aromatic carbocycles. The van der Waals surface area contributed by atoms with Crippen molar-refractivity contribution in [1.29, 1.82) is 0 Å². The van der Waals surface area contributed by atoms with Gasteiger partial charge in [0.1, 0.15) is 5.75 Å². The molecule has 3 heterocycles. The second kappa shape index (κ2) is 7.19. The first-order valence-electron chi connectivity index (χ1n) is 10.3. The Balaban J connectivity index is 1.91. The van der Waals surface area contributed by atoms with Gasteiger partial charge in [-0.25, -0.2) is 4.79 Å². The Hall–Kier alpha value is -2.74. The van der Waals surface area contributed by atoms with Gasteiger partial charge in [-0.3, -0.25) is 4.79 Å². The Morgan fingerprint density at radius 3 is 2.57 bits per heavy atom. The van der Waals surface area contributed by atoms with Gasteiger partial charge in [0, 0.05) is 56.8 Å². The van der Waals surface area contributed by atoms with Crippen LogP contribution in [0, 0.1) is 0 Å². The van der Waals surface area contributed by atoms with E-state index < -0.39 is 6.04 Å². The first-order valence-corrected chi connectivity index (χ1v) is 10.3. The number of urea groups is 1. The van der Waals surface area contributed by atoms with Crippen LogP contribution in [0.3, 0.4) is 0 Å². The molecule has 1 atom stereocenters. The molecule has 0 saturated carbocycles. The van der Waals surface area contributed by atoms with Crippen molar-refractivity contribution < 1.29 is 19.4 Å². The molecule has 2 aliphatic rings. The molecule has 2 aromatic rings. The normalized spacial score (nSPS) is 19.8. The molecule has 4 rings (SSSR count). The number of likely N-dealkylation sites (tertiary alicyclic amines) is 1. The average molecular weight is 415 g/mol. The number of carbonyl (C=O) groups is 2. The molecule has 8 heteroatoms. The van der Waals surface area contributed by atoms with Crippen molar-refractivity contribution in [3.05, 3.63) is 29.5 Å². The lowest BCUT2D eigenvalue weighted by molar-refractivity contribution is -0.137. The first kappa shape index (κ1) is 20.5. The summed E-state index contributed by atoms with van der Waals surface area (Å²) in [5.74, 6) is 0.787. The molecular weight excluding hydrogens is 384 g/mol. The molecule has 0 aliphatic carbocycles. The number of hydrogen-bond acceptors (Lipinski definition) is 4. The number of rotatable bonds is 3. The van der Waals surface area contributed by atoms with E-state index in [0.717, 1.165) is 27.9 Å². The lowest BCUT2D eigenvalue weighted by atomic mass is 9.68. The van der Waals surface area contributed by atoms with Gasteiger partial charge in [0.05, 0.1) is 30.7 Å². The predicted octanol–water partition coefficient (Wildman–Crippen LogP) is 1.75. The van der Waals surface area contributed by atoms with E-state index in [0.29, 0.717) is 19.6 Å². The van der Waals surface area contributed by atoms with Crippen molar-refractivity contribution in [2.75, 3.05) is 33.4 Å². The molecule has 1 aromatic heterocycles. The third-order valence-electron chi connectivity index (χ3n) is 6.43. The fourth-order valence-corrected chi connectivity index (χ4v) is 5.07. The minimum Gasteiger partial charge on any atom is -0.497 e. The summed E-state index contributed by atoms with van der Waals surface area (Å²) in [5.41, 5.74) is 2.70. The Morgan fingerprint density at radius 2 is 2.00 bits per heavy atom. The molecule has 2 N–H and O–H groups in total. The van der Waals surface area contributed by atoms with E-state index in [1.54, 1.807) is 18.9 Å². The van der Waals surface area contributed by atoms with Crippen molar-refractivity contribution in [3.63, 3.8) is 0 Å². The standard InChI is InChI=1S/C22H30N4O4/c1-13(2)23-21(29)26-12-22(10-25(11-22)14(3)28)19-16-7-6-15(30-5)8-17(16)24(4)20(19)18(26)9-27/h6-8,13,18,27H,9-12H2,1-5H3,(H,23,29)/t18-/m0/s1. The number of aromatic nitrogens is 1. The third kappa shape index (κ3) is 2.93. The van der Waals surface area contributed by atoms with Crippen LogP contribution in [0.1, 0.15) is 38.1 Å². The molecule has 0 radical (unpaired) electrons. The van der Waals surface area contributed by atoms with Crippen molar-refractivity contribution in [2.24, 2.45) is 7.05 Å². The number of aryl methyl sites for hydroxylation is 1. The van der Waals surface area contributed by atoms with E-state index in [1.165, 1.54) is 0 Å². The summed E-state index contributed by atoms with van der Waals surface area (Å²) in [6, 6.07) is 5.29. The number of ether oxygens (including phenoxy) is 1. The van der Waals surface area contributed by atoms with Crippen LogP contribution in [-0.2, 0) is 17.3 Å². The lowest BCUT2D eigenvalue weighted by Crippen LogP contribution is -2.68. The van der Waals surface area contributed by atoms with Crippen LogP contribution < -0.4 is 10.1 Å². The molecule has 0 unspecified atom stereocenters. The molecule has 162 valence electrons. The summed E-state index contributed by atoms with van der Waals surface area (Å²) in [4.78, 5) is 28.6. The fourth-order valence-electron chi connectivity index (χ4n) is 5.07. The number of nitrogens with one attached hydrogen (secondary N) is 1. The smallest absolute Gasteiger partial charge is 0.318 e. The van der Waals surface area contributed by atoms with E-state index >= 15 is 0 Å². The number of fused-ring (bicyclic) bond motifs is 4. The molecule has 3 amide bonds. The topological polar surface area (TPSA) is 87.0 Å². The summed E-state index contributed by atoms with van der Waals surface area (Å²) < 4.78 is 7.47. The first-order chi connectivity index (χ1) is 14.2. The van der Waals surface area contributed by atoms with Crippen molar-refractivity contribution >= 4 is 22.8 Å². The van der Waals surface area contributed by atoms with Crippen molar-refractivity contribution in [1.82, 2.24) is 19.7 Å². The number of aliphatic hydroxyl groups is 1. The zero-order valence-electron chi connectivity index (χ0n) is 18.2. The van der Waals surface area contributed by atoms with Crippen LogP contribution in [0.15, 0.2) is 18.2 Å². The highest BCUT2D eigenvalue weighted by atomic mass is 16.5. The average Bonchev–Trinajstić information content (AvgIpc) is 2.97. The summed E-state index contributed by atoms with van der Waals surface area (Å²) >= 11 is 0. The number of benzene rings is 1. The second-order valence-corrected chi connectivity index (χ2v) is 8.79. The minimum atomic E-state index is -0.459. The van der Waals surface area contributed by atoms with Gasteiger partial charge in [-0.1, -0.05) is 0 Å². The van der Waals surface area contributed by atoms with Gasteiger partial charge in [-0.2, -0.15) is 0 Å². The zero-order valence-corrected chi connectivity index (χ0v) is 18.2. The second-order valence-electron chi connectivity index (χ2n) is 8.79. The third-order valence-corrected chi connectivity index (χ3v) is 6.43. The largest absolute Gasteiger partial charge is 0.497 e. The Bertz CT molecular complexity index is 1010. The molecule has 2 aliphatic heterocycles. The highest BCUT2D eigenvalue weighted by Gasteiger charge is 2.55. The maximum Gasteiger partial charge on any atom is 0.318 e. The van der Waals surface area contributed by atoms with Crippen LogP contribution >= 0.6 is 0 Å². The molecule has 1 fully saturated rings. The van der Waals surface area contributed by atoms with E-state index in [9.17, 15) is 14.7 Å². The summed E-state index contributed by atoms with van der Waals surface area (Å²) in [6.45, 7) is 6.81. The monoisotopic (exact) mass is 414 g/mol. The predicted molar refractivity (Wildman–Crippen MR) is 114 cm³/mol. The van der Waals surface area contributed by atoms with Crippen LogP contribution in [0.2, 0.25) is 0 Å². The van der Waals surface area contributed by atoms with Gasteiger partial charge in [-0.15, -0.1) is 0 Å². The number of methoxy groups -OCH3 is 1. The van der Waals surface area contributed by atoms with Crippen LogP contribution in [0.5, 0.6) is 5.75 Å². The molecular formula is C22H30N4O4. The maximum absolute atomic E-state index is 13.1. The molecule has 8 nitrogen and oxygen atoms in total. The molecule has 0 bridgehead atoms. The minimum absolute atomic E-state index is 0.0129. The molecule has 1 spiro atoms. The number of hydrogen-bond donors (Lipinski definition) is 2. The highest BCUT2D eigenvalue weighted by molar-refractivity contribution is 5.90. The van der Waals surface area contributed by atoms with Crippen molar-refractivity contribution in [2.45, 2.75) is 38.3 Å². The van der Waals surface area contributed by atoms with E-state index in [4.69, 9.17) is 4.74 Å². The lowest BCUT2D eigenvalue weighted by Gasteiger charge is -2.56. The Kier molecular flexibility index (Phi) is 4.92. The number of nitrogens with zero attached hydrogens (tertiary/aromatic N) is 3. The van der Waals surface area contributed by atoms with Crippen LogP contribution in [0.25, 0.3) is 10.9 Å². The van der Waals surface area contributed by atoms with Crippen molar-refractivity contribution in [3.8, 4) is 5.75 Å². The highest BCUT2D eigenvalue weighted by Crippen LogP contribution is 2.49. The van der Waals surface area contributed by atoms with Gasteiger partial charge in [0.15, 0.2) is 0 Å².